The molecule has 2 aliphatic rings. The van der Waals surface area contributed by atoms with Crippen LogP contribution in [0.2, 0.25) is 0 Å². The zero-order valence-corrected chi connectivity index (χ0v) is 15.7. The summed E-state index contributed by atoms with van der Waals surface area (Å²) in [5.41, 5.74) is 1.37. The van der Waals surface area contributed by atoms with E-state index in [9.17, 15) is 9.59 Å². The lowest BCUT2D eigenvalue weighted by atomic mass is 9.83. The van der Waals surface area contributed by atoms with E-state index in [4.69, 9.17) is 9.47 Å². The lowest BCUT2D eigenvalue weighted by Gasteiger charge is -2.40. The summed E-state index contributed by atoms with van der Waals surface area (Å²) in [6.45, 7) is 1.91. The van der Waals surface area contributed by atoms with E-state index in [1.165, 1.54) is 0 Å². The Hall–Kier alpha value is -2.37. The monoisotopic (exact) mass is 387 g/mol. The highest BCUT2D eigenvalue weighted by Gasteiger charge is 2.41. The minimum Gasteiger partial charge on any atom is -0.486 e. The number of nitrogens with one attached hydrogen (secondary N) is 1. The number of carbonyl (C=O) groups excluding carboxylic acids is 2. The molecule has 2 heterocycles. The lowest BCUT2D eigenvalue weighted by molar-refractivity contribution is 0.0187. The molecular weight excluding hydrogens is 366 g/mol. The average Bonchev–Trinajstić information content (AvgIpc) is 2.67. The normalized spacial score (nSPS) is 17.4. The quantitative estimate of drug-likeness (QED) is 0.816. The largest absolute Gasteiger partial charge is 0.486 e. The van der Waals surface area contributed by atoms with Crippen LogP contribution in [0.15, 0.2) is 48.5 Å². The molecule has 2 aromatic carbocycles. The molecule has 2 aromatic rings. The van der Waals surface area contributed by atoms with Crippen LogP contribution >= 0.6 is 12.4 Å². The summed E-state index contributed by atoms with van der Waals surface area (Å²) in [6, 6.07) is 14.5. The van der Waals surface area contributed by atoms with Gasteiger partial charge >= 0.3 is 5.97 Å². The first-order valence-corrected chi connectivity index (χ1v) is 8.93. The highest BCUT2D eigenvalue weighted by Crippen LogP contribution is 2.38. The molecule has 1 fully saturated rings. The SMILES string of the molecule is Cl.O=C(OCc1ccccc1)c1ccc2c(c1)C(=O)CC1(CCNCC1)O2. The van der Waals surface area contributed by atoms with Crippen molar-refractivity contribution >= 4 is 24.2 Å². The zero-order valence-electron chi connectivity index (χ0n) is 14.9. The smallest absolute Gasteiger partial charge is 0.338 e. The molecule has 0 bridgehead atoms. The van der Waals surface area contributed by atoms with Crippen LogP contribution < -0.4 is 10.1 Å². The van der Waals surface area contributed by atoms with Crippen LogP contribution in [0.25, 0.3) is 0 Å². The first-order chi connectivity index (χ1) is 12.7. The van der Waals surface area contributed by atoms with Gasteiger partial charge in [0.25, 0.3) is 0 Å². The Morgan fingerprint density at radius 2 is 1.85 bits per heavy atom. The molecule has 0 unspecified atom stereocenters. The van der Waals surface area contributed by atoms with E-state index < -0.39 is 11.6 Å². The highest BCUT2D eigenvalue weighted by atomic mass is 35.5. The van der Waals surface area contributed by atoms with Gasteiger partial charge in [-0.2, -0.15) is 0 Å². The van der Waals surface area contributed by atoms with E-state index in [0.29, 0.717) is 23.3 Å². The van der Waals surface area contributed by atoms with Crippen molar-refractivity contribution in [1.82, 2.24) is 5.32 Å². The summed E-state index contributed by atoms with van der Waals surface area (Å²) in [4.78, 5) is 25.0. The zero-order chi connectivity index (χ0) is 18.0. The molecule has 1 N–H and O–H groups in total. The van der Waals surface area contributed by atoms with Crippen molar-refractivity contribution in [2.24, 2.45) is 0 Å². The Kier molecular flexibility index (Phi) is 5.82. The molecular formula is C21H22ClNO4. The third-order valence-corrected chi connectivity index (χ3v) is 5.05. The van der Waals surface area contributed by atoms with E-state index >= 15 is 0 Å². The van der Waals surface area contributed by atoms with Crippen LogP contribution in [-0.2, 0) is 11.3 Å². The van der Waals surface area contributed by atoms with E-state index in [2.05, 4.69) is 5.32 Å². The van der Waals surface area contributed by atoms with E-state index in [1.54, 1.807) is 18.2 Å². The molecule has 0 amide bonds. The first kappa shape index (κ1) is 19.4. The summed E-state index contributed by atoms with van der Waals surface area (Å²) < 4.78 is 11.5. The maximum Gasteiger partial charge on any atom is 0.338 e. The van der Waals surface area contributed by atoms with Crippen LogP contribution in [-0.4, -0.2) is 30.4 Å². The number of halogens is 1. The number of Topliss-reactive ketones (excluding diaryl/α,β-unsaturated/α-hetero) is 1. The Labute approximate surface area is 164 Å². The number of carbonyl (C=O) groups is 2. The molecule has 27 heavy (non-hydrogen) atoms. The highest BCUT2D eigenvalue weighted by molar-refractivity contribution is 6.02. The van der Waals surface area contributed by atoms with Gasteiger partial charge in [-0.3, -0.25) is 4.79 Å². The van der Waals surface area contributed by atoms with Crippen molar-refractivity contribution in [1.29, 1.82) is 0 Å². The third-order valence-electron chi connectivity index (χ3n) is 5.05. The van der Waals surface area contributed by atoms with Gasteiger partial charge in [0.15, 0.2) is 5.78 Å². The molecule has 1 saturated heterocycles. The summed E-state index contributed by atoms with van der Waals surface area (Å²) in [5.74, 6) is 0.167. The molecule has 0 aliphatic carbocycles. The maximum absolute atomic E-state index is 12.7. The number of rotatable bonds is 3. The number of benzene rings is 2. The van der Waals surface area contributed by atoms with Crippen LogP contribution in [0.3, 0.4) is 0 Å². The Morgan fingerprint density at radius 3 is 2.59 bits per heavy atom. The molecule has 4 rings (SSSR count). The fourth-order valence-corrected chi connectivity index (χ4v) is 3.59. The predicted molar refractivity (Wildman–Crippen MR) is 104 cm³/mol. The molecule has 6 heteroatoms. The minimum atomic E-state index is -0.438. The molecule has 5 nitrogen and oxygen atoms in total. The second-order valence-corrected chi connectivity index (χ2v) is 6.91. The van der Waals surface area contributed by atoms with Crippen molar-refractivity contribution in [3.05, 3.63) is 65.2 Å². The predicted octanol–water partition coefficient (Wildman–Crippen LogP) is 3.55. The maximum atomic E-state index is 12.7. The van der Waals surface area contributed by atoms with E-state index in [-0.39, 0.29) is 24.8 Å². The number of hydrogen-bond donors (Lipinski definition) is 1. The van der Waals surface area contributed by atoms with Crippen molar-refractivity contribution in [2.45, 2.75) is 31.5 Å². The van der Waals surface area contributed by atoms with Crippen molar-refractivity contribution in [2.75, 3.05) is 13.1 Å². The number of esters is 1. The average molecular weight is 388 g/mol. The Bertz CT molecular complexity index is 831. The summed E-state index contributed by atoms with van der Waals surface area (Å²) >= 11 is 0. The minimum absolute atomic E-state index is 0. The first-order valence-electron chi connectivity index (χ1n) is 8.93. The van der Waals surface area contributed by atoms with Gasteiger partial charge in [0.05, 0.1) is 17.5 Å². The molecule has 0 aromatic heterocycles. The van der Waals surface area contributed by atoms with Crippen molar-refractivity contribution < 1.29 is 19.1 Å². The second-order valence-electron chi connectivity index (χ2n) is 6.91. The topological polar surface area (TPSA) is 64.6 Å². The molecule has 0 atom stereocenters. The standard InChI is InChI=1S/C21H21NO4.ClH/c23-18-13-21(8-10-22-11-9-21)26-19-7-6-16(12-17(18)19)20(24)25-14-15-4-2-1-3-5-15;/h1-7,12,22H,8-11,13-14H2;1H. The van der Waals surface area contributed by atoms with Crippen LogP contribution in [0.4, 0.5) is 0 Å². The number of fused-ring (bicyclic) bond motifs is 1. The third kappa shape index (κ3) is 4.15. The molecule has 142 valence electrons. The summed E-state index contributed by atoms with van der Waals surface area (Å²) in [7, 11) is 0. The number of ketones is 1. The van der Waals surface area contributed by atoms with Gasteiger partial charge in [-0.05, 0) is 36.9 Å². The van der Waals surface area contributed by atoms with Gasteiger partial charge in [0.1, 0.15) is 18.0 Å². The van der Waals surface area contributed by atoms with Gasteiger partial charge < -0.3 is 14.8 Å². The summed E-state index contributed by atoms with van der Waals surface area (Å²) in [6.07, 6.45) is 2.00. The molecule has 1 spiro atoms. The fourth-order valence-electron chi connectivity index (χ4n) is 3.59. The Morgan fingerprint density at radius 1 is 1.11 bits per heavy atom. The van der Waals surface area contributed by atoms with Crippen LogP contribution in [0.5, 0.6) is 5.75 Å². The van der Waals surface area contributed by atoms with Gasteiger partial charge in [0.2, 0.25) is 0 Å². The van der Waals surface area contributed by atoms with E-state index in [1.807, 2.05) is 30.3 Å². The van der Waals surface area contributed by atoms with Gasteiger partial charge in [-0.25, -0.2) is 4.79 Å². The van der Waals surface area contributed by atoms with Crippen LogP contribution in [0, 0.1) is 0 Å². The summed E-state index contributed by atoms with van der Waals surface area (Å²) in [5, 5.41) is 3.29. The van der Waals surface area contributed by atoms with Gasteiger partial charge in [0, 0.05) is 12.8 Å². The van der Waals surface area contributed by atoms with Crippen molar-refractivity contribution in [3.8, 4) is 5.75 Å². The van der Waals surface area contributed by atoms with Gasteiger partial charge in [-0.15, -0.1) is 12.4 Å². The lowest BCUT2D eigenvalue weighted by Crippen LogP contribution is -2.49. The molecule has 0 saturated carbocycles. The fraction of sp³-hybridized carbons (Fsp3) is 0.333. The molecule has 2 aliphatic heterocycles. The molecule has 0 radical (unpaired) electrons. The number of piperidine rings is 1. The Balaban J connectivity index is 0.00000210. The van der Waals surface area contributed by atoms with Crippen molar-refractivity contribution in [3.63, 3.8) is 0 Å². The number of ether oxygens (including phenoxy) is 2. The van der Waals surface area contributed by atoms with Crippen LogP contribution in [0.1, 0.15) is 45.5 Å². The number of hydrogen-bond acceptors (Lipinski definition) is 5. The second kappa shape index (κ2) is 8.11. The van der Waals surface area contributed by atoms with Gasteiger partial charge in [-0.1, -0.05) is 30.3 Å². The van der Waals surface area contributed by atoms with E-state index in [0.717, 1.165) is 31.5 Å².